The number of halogens is 2. The number of sulfonamides is 1. The number of rotatable bonds is 3. The van der Waals surface area contributed by atoms with Crippen LogP contribution < -0.4 is 5.73 Å². The topological polar surface area (TPSA) is 63.4 Å². The van der Waals surface area contributed by atoms with Crippen LogP contribution in [0.25, 0.3) is 0 Å². The van der Waals surface area contributed by atoms with Crippen LogP contribution in [0.4, 0.5) is 4.39 Å². The minimum absolute atomic E-state index is 0.194. The van der Waals surface area contributed by atoms with Crippen molar-refractivity contribution in [2.45, 2.75) is 43.2 Å². The molecule has 2 N–H and O–H groups in total. The predicted molar refractivity (Wildman–Crippen MR) is 76.6 cm³/mol. The molecule has 0 saturated carbocycles. The molecule has 4 nitrogen and oxygen atoms in total. The second-order valence-electron chi connectivity index (χ2n) is 5.06. The van der Waals surface area contributed by atoms with Gasteiger partial charge in [0.25, 0.3) is 0 Å². The minimum Gasteiger partial charge on any atom is -0.329 e. The molecule has 0 amide bonds. The summed E-state index contributed by atoms with van der Waals surface area (Å²) in [7, 11) is -3.93. The summed E-state index contributed by atoms with van der Waals surface area (Å²) in [5, 5.41) is -0.194. The zero-order valence-corrected chi connectivity index (χ0v) is 12.8. The number of nitrogens with two attached hydrogens (primary N) is 1. The van der Waals surface area contributed by atoms with Crippen molar-refractivity contribution in [1.29, 1.82) is 0 Å². The van der Waals surface area contributed by atoms with E-state index in [0.717, 1.165) is 12.8 Å². The van der Waals surface area contributed by atoms with Crippen LogP contribution in [0.5, 0.6) is 0 Å². The zero-order valence-electron chi connectivity index (χ0n) is 11.2. The molecule has 2 unspecified atom stereocenters. The Labute approximate surface area is 123 Å². The largest absolute Gasteiger partial charge is 0.329 e. The SMILES string of the molecule is CC1CCCC(CN)N1S(=O)(=O)c1cccc(Cl)c1F. The van der Waals surface area contributed by atoms with E-state index in [-0.39, 0.29) is 28.5 Å². The first-order chi connectivity index (χ1) is 9.39. The average Bonchev–Trinajstić information content (AvgIpc) is 2.41. The molecule has 1 heterocycles. The zero-order chi connectivity index (χ0) is 14.9. The number of piperidine rings is 1. The summed E-state index contributed by atoms with van der Waals surface area (Å²) in [6.07, 6.45) is 2.37. The van der Waals surface area contributed by atoms with Gasteiger partial charge in [0.15, 0.2) is 5.82 Å². The molecule has 0 spiro atoms. The van der Waals surface area contributed by atoms with E-state index in [1.165, 1.54) is 22.5 Å². The molecule has 1 fully saturated rings. The van der Waals surface area contributed by atoms with Gasteiger partial charge in [-0.05, 0) is 31.9 Å². The van der Waals surface area contributed by atoms with Crippen molar-refractivity contribution >= 4 is 21.6 Å². The standard InChI is InChI=1S/C13H18ClFN2O2S/c1-9-4-2-5-10(8-16)17(9)20(18,19)12-7-3-6-11(14)13(12)15/h3,6-7,9-10H,2,4-5,8,16H2,1H3. The third-order valence-electron chi connectivity index (χ3n) is 3.70. The van der Waals surface area contributed by atoms with Gasteiger partial charge in [-0.2, -0.15) is 4.31 Å². The summed E-state index contributed by atoms with van der Waals surface area (Å²) in [6, 6.07) is 3.52. The van der Waals surface area contributed by atoms with E-state index in [4.69, 9.17) is 17.3 Å². The van der Waals surface area contributed by atoms with Crippen LogP contribution in [0.15, 0.2) is 23.1 Å². The summed E-state index contributed by atoms with van der Waals surface area (Å²) in [4.78, 5) is -0.378. The van der Waals surface area contributed by atoms with E-state index < -0.39 is 15.8 Å². The van der Waals surface area contributed by atoms with Crippen molar-refractivity contribution in [3.05, 3.63) is 29.0 Å². The molecular formula is C13H18ClFN2O2S. The molecular weight excluding hydrogens is 303 g/mol. The van der Waals surface area contributed by atoms with E-state index in [1.54, 1.807) is 0 Å². The number of nitrogens with zero attached hydrogens (tertiary/aromatic N) is 1. The molecule has 0 aliphatic carbocycles. The van der Waals surface area contributed by atoms with Gasteiger partial charge in [0.1, 0.15) is 4.90 Å². The van der Waals surface area contributed by atoms with Gasteiger partial charge in [-0.1, -0.05) is 24.1 Å². The maximum atomic E-state index is 14.0. The molecule has 2 atom stereocenters. The molecule has 0 aromatic heterocycles. The van der Waals surface area contributed by atoms with Crippen molar-refractivity contribution in [2.75, 3.05) is 6.54 Å². The van der Waals surface area contributed by atoms with E-state index >= 15 is 0 Å². The Balaban J connectivity index is 2.50. The number of hydrogen-bond acceptors (Lipinski definition) is 3. The Morgan fingerprint density at radius 1 is 1.45 bits per heavy atom. The van der Waals surface area contributed by atoms with Crippen LogP contribution in [0.1, 0.15) is 26.2 Å². The van der Waals surface area contributed by atoms with Crippen LogP contribution in [-0.4, -0.2) is 31.4 Å². The molecule has 1 aliphatic rings. The molecule has 20 heavy (non-hydrogen) atoms. The molecule has 7 heteroatoms. The Morgan fingerprint density at radius 3 is 2.80 bits per heavy atom. The van der Waals surface area contributed by atoms with Gasteiger partial charge in [-0.3, -0.25) is 0 Å². The van der Waals surface area contributed by atoms with Crippen LogP contribution in [0, 0.1) is 5.82 Å². The summed E-state index contributed by atoms with van der Waals surface area (Å²) in [5.41, 5.74) is 5.67. The van der Waals surface area contributed by atoms with E-state index in [1.807, 2.05) is 6.92 Å². The molecule has 0 radical (unpaired) electrons. The molecule has 1 aromatic carbocycles. The van der Waals surface area contributed by atoms with Crippen molar-refractivity contribution in [2.24, 2.45) is 5.73 Å². The molecule has 2 rings (SSSR count). The first kappa shape index (κ1) is 15.7. The van der Waals surface area contributed by atoms with Crippen molar-refractivity contribution in [3.8, 4) is 0 Å². The van der Waals surface area contributed by atoms with Gasteiger partial charge in [-0.15, -0.1) is 0 Å². The van der Waals surface area contributed by atoms with Gasteiger partial charge < -0.3 is 5.73 Å². The van der Waals surface area contributed by atoms with E-state index in [9.17, 15) is 12.8 Å². The first-order valence-electron chi connectivity index (χ1n) is 6.57. The minimum atomic E-state index is -3.93. The second kappa shape index (κ2) is 5.97. The molecule has 0 bridgehead atoms. The van der Waals surface area contributed by atoms with Crippen LogP contribution in [0.3, 0.4) is 0 Å². The lowest BCUT2D eigenvalue weighted by Gasteiger charge is -2.39. The van der Waals surface area contributed by atoms with Gasteiger partial charge in [0.2, 0.25) is 10.0 Å². The average molecular weight is 321 g/mol. The van der Waals surface area contributed by atoms with Gasteiger partial charge >= 0.3 is 0 Å². The van der Waals surface area contributed by atoms with Crippen molar-refractivity contribution in [3.63, 3.8) is 0 Å². The number of hydrogen-bond donors (Lipinski definition) is 1. The molecule has 1 aliphatic heterocycles. The highest BCUT2D eigenvalue weighted by Gasteiger charge is 2.38. The smallest absolute Gasteiger partial charge is 0.246 e. The second-order valence-corrected chi connectivity index (χ2v) is 7.28. The number of benzene rings is 1. The summed E-state index contributed by atoms with van der Waals surface area (Å²) >= 11 is 5.68. The monoisotopic (exact) mass is 320 g/mol. The highest BCUT2D eigenvalue weighted by molar-refractivity contribution is 7.89. The van der Waals surface area contributed by atoms with Crippen LogP contribution in [0.2, 0.25) is 5.02 Å². The molecule has 1 aromatic rings. The first-order valence-corrected chi connectivity index (χ1v) is 8.39. The predicted octanol–water partition coefficient (Wildman–Crippen LogP) is 2.37. The van der Waals surface area contributed by atoms with Crippen LogP contribution in [-0.2, 0) is 10.0 Å². The fourth-order valence-corrected chi connectivity index (χ4v) is 4.92. The normalized spacial score (nSPS) is 24.8. The lowest BCUT2D eigenvalue weighted by atomic mass is 10.00. The highest BCUT2D eigenvalue weighted by Crippen LogP contribution is 2.31. The van der Waals surface area contributed by atoms with Gasteiger partial charge in [0, 0.05) is 18.6 Å². The maximum absolute atomic E-state index is 14.0. The van der Waals surface area contributed by atoms with Gasteiger partial charge in [-0.25, -0.2) is 12.8 Å². The summed E-state index contributed by atoms with van der Waals surface area (Å²) in [6.45, 7) is 2.05. The van der Waals surface area contributed by atoms with Gasteiger partial charge in [0.05, 0.1) is 5.02 Å². The third-order valence-corrected chi connectivity index (χ3v) is 6.07. The maximum Gasteiger partial charge on any atom is 0.246 e. The molecule has 112 valence electrons. The van der Waals surface area contributed by atoms with Crippen LogP contribution >= 0.6 is 11.6 Å². The quantitative estimate of drug-likeness (QED) is 0.930. The summed E-state index contributed by atoms with van der Waals surface area (Å²) < 4.78 is 40.8. The Kier molecular flexibility index (Phi) is 4.69. The lowest BCUT2D eigenvalue weighted by molar-refractivity contribution is 0.195. The Bertz CT molecular complexity index is 594. The fraction of sp³-hybridized carbons (Fsp3) is 0.538. The van der Waals surface area contributed by atoms with E-state index in [0.29, 0.717) is 6.42 Å². The third kappa shape index (κ3) is 2.70. The van der Waals surface area contributed by atoms with Crippen molar-refractivity contribution < 1.29 is 12.8 Å². The highest BCUT2D eigenvalue weighted by atomic mass is 35.5. The Morgan fingerprint density at radius 2 is 2.15 bits per heavy atom. The fourth-order valence-electron chi connectivity index (χ4n) is 2.71. The lowest BCUT2D eigenvalue weighted by Crippen LogP contribution is -2.51. The molecule has 1 saturated heterocycles. The van der Waals surface area contributed by atoms with E-state index in [2.05, 4.69) is 0 Å². The van der Waals surface area contributed by atoms with Crippen molar-refractivity contribution in [1.82, 2.24) is 4.31 Å². The Hall–Kier alpha value is -0.690. The summed E-state index contributed by atoms with van der Waals surface area (Å²) in [5.74, 6) is -0.900.